The van der Waals surface area contributed by atoms with Crippen LogP contribution in [-0.4, -0.2) is 25.0 Å². The molecule has 0 aromatic heterocycles. The third kappa shape index (κ3) is 3.10. The highest BCUT2D eigenvalue weighted by Crippen LogP contribution is 2.17. The van der Waals surface area contributed by atoms with Gasteiger partial charge in [0.25, 0.3) is 5.91 Å². The fourth-order valence-electron chi connectivity index (χ4n) is 2.57. The summed E-state index contributed by atoms with van der Waals surface area (Å²) in [5, 5.41) is 6.49. The van der Waals surface area contributed by atoms with Gasteiger partial charge in [-0.1, -0.05) is 18.2 Å². The maximum atomic E-state index is 12.2. The number of rotatable bonds is 3. The molecule has 1 saturated heterocycles. The van der Waals surface area contributed by atoms with E-state index >= 15 is 0 Å². The molecule has 0 radical (unpaired) electrons. The normalized spacial score (nSPS) is 18.3. The molecule has 2 rings (SSSR count). The number of hydrogen-bond acceptors (Lipinski definition) is 2. The Kier molecular flexibility index (Phi) is 4.37. The van der Waals surface area contributed by atoms with Gasteiger partial charge in [0.05, 0.1) is 0 Å². The van der Waals surface area contributed by atoms with Crippen molar-refractivity contribution in [1.82, 2.24) is 10.6 Å². The van der Waals surface area contributed by atoms with E-state index in [9.17, 15) is 4.79 Å². The zero-order chi connectivity index (χ0) is 13.0. The van der Waals surface area contributed by atoms with Crippen LogP contribution < -0.4 is 10.6 Å². The van der Waals surface area contributed by atoms with E-state index in [4.69, 9.17) is 0 Å². The molecular formula is C15H22N2O. The number of aryl methyl sites for hydroxylation is 1. The van der Waals surface area contributed by atoms with Crippen LogP contribution in [0.25, 0.3) is 0 Å². The first-order valence-electron chi connectivity index (χ1n) is 6.75. The summed E-state index contributed by atoms with van der Waals surface area (Å²) in [6, 6.07) is 7.99. The molecule has 1 aliphatic rings. The summed E-state index contributed by atoms with van der Waals surface area (Å²) in [7, 11) is 0. The van der Waals surface area contributed by atoms with Crippen molar-refractivity contribution < 1.29 is 4.79 Å². The number of benzene rings is 1. The quantitative estimate of drug-likeness (QED) is 0.857. The molecule has 0 saturated carbocycles. The predicted octanol–water partition coefficient (Wildman–Crippen LogP) is 2.11. The van der Waals surface area contributed by atoms with Gasteiger partial charge in [-0.25, -0.2) is 0 Å². The molecule has 18 heavy (non-hydrogen) atoms. The Balaban J connectivity index is 1.96. The van der Waals surface area contributed by atoms with Crippen LogP contribution in [0, 0.1) is 12.8 Å². The SMILES string of the molecule is Cc1ccccc1C(=O)NC(C)C1CCNCC1. The summed E-state index contributed by atoms with van der Waals surface area (Å²) < 4.78 is 0. The zero-order valence-electron chi connectivity index (χ0n) is 11.2. The zero-order valence-corrected chi connectivity index (χ0v) is 11.2. The third-order valence-corrected chi connectivity index (χ3v) is 3.84. The summed E-state index contributed by atoms with van der Waals surface area (Å²) in [6.07, 6.45) is 2.30. The Hall–Kier alpha value is -1.35. The molecule has 1 aromatic carbocycles. The molecule has 3 nitrogen and oxygen atoms in total. The molecule has 98 valence electrons. The molecule has 0 aliphatic carbocycles. The van der Waals surface area contributed by atoms with Crippen molar-refractivity contribution >= 4 is 5.91 Å². The summed E-state index contributed by atoms with van der Waals surface area (Å²) in [4.78, 5) is 12.2. The Morgan fingerprint density at radius 2 is 2.00 bits per heavy atom. The molecule has 1 aliphatic heterocycles. The van der Waals surface area contributed by atoms with Crippen molar-refractivity contribution in [2.45, 2.75) is 32.7 Å². The summed E-state index contributed by atoms with van der Waals surface area (Å²) in [5.74, 6) is 0.651. The topological polar surface area (TPSA) is 41.1 Å². The maximum Gasteiger partial charge on any atom is 0.251 e. The van der Waals surface area contributed by atoms with Crippen LogP contribution in [0.1, 0.15) is 35.7 Å². The highest BCUT2D eigenvalue weighted by Gasteiger charge is 2.21. The van der Waals surface area contributed by atoms with Gasteiger partial charge in [-0.05, 0) is 57.3 Å². The van der Waals surface area contributed by atoms with Gasteiger partial charge in [0, 0.05) is 11.6 Å². The highest BCUT2D eigenvalue weighted by atomic mass is 16.1. The Morgan fingerprint density at radius 3 is 2.67 bits per heavy atom. The molecule has 0 spiro atoms. The molecule has 1 atom stereocenters. The second-order valence-corrected chi connectivity index (χ2v) is 5.16. The summed E-state index contributed by atoms with van der Waals surface area (Å²) >= 11 is 0. The largest absolute Gasteiger partial charge is 0.349 e. The average molecular weight is 246 g/mol. The van der Waals surface area contributed by atoms with E-state index in [1.807, 2.05) is 31.2 Å². The Labute approximate surface area is 109 Å². The van der Waals surface area contributed by atoms with Crippen molar-refractivity contribution in [3.63, 3.8) is 0 Å². The number of hydrogen-bond donors (Lipinski definition) is 2. The second kappa shape index (κ2) is 6.01. The van der Waals surface area contributed by atoms with Crippen molar-refractivity contribution in [3.05, 3.63) is 35.4 Å². The number of piperidine rings is 1. The second-order valence-electron chi connectivity index (χ2n) is 5.16. The molecule has 1 fully saturated rings. The molecule has 1 unspecified atom stereocenters. The minimum absolute atomic E-state index is 0.0548. The lowest BCUT2D eigenvalue weighted by Crippen LogP contribution is -2.42. The van der Waals surface area contributed by atoms with Gasteiger partial charge in [0.15, 0.2) is 0 Å². The lowest BCUT2D eigenvalue weighted by atomic mass is 9.91. The van der Waals surface area contributed by atoms with Gasteiger partial charge < -0.3 is 10.6 Å². The van der Waals surface area contributed by atoms with Gasteiger partial charge in [0.2, 0.25) is 0 Å². The first-order chi connectivity index (χ1) is 8.68. The van der Waals surface area contributed by atoms with Crippen molar-refractivity contribution in [2.75, 3.05) is 13.1 Å². The van der Waals surface area contributed by atoms with Crippen LogP contribution in [0.5, 0.6) is 0 Å². The minimum atomic E-state index is 0.0548. The van der Waals surface area contributed by atoms with E-state index in [0.29, 0.717) is 5.92 Å². The lowest BCUT2D eigenvalue weighted by molar-refractivity contribution is 0.0920. The lowest BCUT2D eigenvalue weighted by Gasteiger charge is -2.29. The first kappa shape index (κ1) is 13.1. The molecule has 1 aromatic rings. The van der Waals surface area contributed by atoms with E-state index in [-0.39, 0.29) is 11.9 Å². The van der Waals surface area contributed by atoms with Gasteiger partial charge >= 0.3 is 0 Å². The molecule has 1 amide bonds. The molecule has 1 heterocycles. The average Bonchev–Trinajstić information content (AvgIpc) is 2.40. The van der Waals surface area contributed by atoms with Gasteiger partial charge in [-0.15, -0.1) is 0 Å². The molecule has 3 heteroatoms. The van der Waals surface area contributed by atoms with E-state index in [2.05, 4.69) is 17.6 Å². The predicted molar refractivity (Wildman–Crippen MR) is 73.7 cm³/mol. The maximum absolute atomic E-state index is 12.2. The van der Waals surface area contributed by atoms with E-state index < -0.39 is 0 Å². The minimum Gasteiger partial charge on any atom is -0.349 e. The molecule has 2 N–H and O–H groups in total. The molecule has 0 bridgehead atoms. The number of carbonyl (C=O) groups excluding carboxylic acids is 1. The van der Waals surface area contributed by atoms with E-state index in [1.165, 1.54) is 0 Å². The van der Waals surface area contributed by atoms with Gasteiger partial charge in [-0.2, -0.15) is 0 Å². The monoisotopic (exact) mass is 246 g/mol. The van der Waals surface area contributed by atoms with Crippen LogP contribution in [0.15, 0.2) is 24.3 Å². The Morgan fingerprint density at radius 1 is 1.33 bits per heavy atom. The number of amides is 1. The number of nitrogens with one attached hydrogen (secondary N) is 2. The van der Waals surface area contributed by atoms with Crippen LogP contribution in [0.3, 0.4) is 0 Å². The standard InChI is InChI=1S/C15H22N2O/c1-11-5-3-4-6-14(11)15(18)17-12(2)13-7-9-16-10-8-13/h3-6,12-13,16H,7-10H2,1-2H3,(H,17,18). The van der Waals surface area contributed by atoms with Crippen LogP contribution >= 0.6 is 0 Å². The first-order valence-corrected chi connectivity index (χ1v) is 6.75. The van der Waals surface area contributed by atoms with Crippen molar-refractivity contribution in [1.29, 1.82) is 0 Å². The van der Waals surface area contributed by atoms with Gasteiger partial charge in [0.1, 0.15) is 0 Å². The third-order valence-electron chi connectivity index (χ3n) is 3.84. The van der Waals surface area contributed by atoms with Crippen LogP contribution in [0.4, 0.5) is 0 Å². The van der Waals surface area contributed by atoms with Crippen molar-refractivity contribution in [3.8, 4) is 0 Å². The summed E-state index contributed by atoms with van der Waals surface area (Å²) in [6.45, 7) is 6.22. The summed E-state index contributed by atoms with van der Waals surface area (Å²) in [5.41, 5.74) is 1.82. The Bertz CT molecular complexity index is 411. The van der Waals surface area contributed by atoms with Crippen LogP contribution in [-0.2, 0) is 0 Å². The highest BCUT2D eigenvalue weighted by molar-refractivity contribution is 5.95. The van der Waals surface area contributed by atoms with Crippen molar-refractivity contribution in [2.24, 2.45) is 5.92 Å². The fraction of sp³-hybridized carbons (Fsp3) is 0.533. The molecular weight excluding hydrogens is 224 g/mol. The number of carbonyl (C=O) groups is 1. The van der Waals surface area contributed by atoms with Gasteiger partial charge in [-0.3, -0.25) is 4.79 Å². The van der Waals surface area contributed by atoms with E-state index in [0.717, 1.165) is 37.1 Å². The van der Waals surface area contributed by atoms with Crippen LogP contribution in [0.2, 0.25) is 0 Å². The smallest absolute Gasteiger partial charge is 0.251 e. The van der Waals surface area contributed by atoms with E-state index in [1.54, 1.807) is 0 Å². The fourth-order valence-corrected chi connectivity index (χ4v) is 2.57.